The number of urea groups is 1. The Morgan fingerprint density at radius 2 is 1.87 bits per heavy atom. The van der Waals surface area contributed by atoms with Gasteiger partial charge in [0, 0.05) is 38.9 Å². The van der Waals surface area contributed by atoms with Gasteiger partial charge >= 0.3 is 6.03 Å². The molecule has 0 aromatic carbocycles. The van der Waals surface area contributed by atoms with Crippen LogP contribution in [0.25, 0.3) is 0 Å². The fourth-order valence-corrected chi connectivity index (χ4v) is 2.07. The van der Waals surface area contributed by atoms with E-state index in [1.807, 2.05) is 26.0 Å². The van der Waals surface area contributed by atoms with Crippen molar-refractivity contribution in [3.63, 3.8) is 0 Å². The molecular formula is C16H30Br2N4O. The first-order chi connectivity index (χ1) is 9.85. The van der Waals surface area contributed by atoms with Crippen molar-refractivity contribution in [2.75, 3.05) is 32.1 Å². The van der Waals surface area contributed by atoms with Gasteiger partial charge in [-0.15, -0.1) is 34.0 Å². The minimum Gasteiger partial charge on any atom is -0.330 e. The Kier molecular flexibility index (Phi) is 12.6. The van der Waals surface area contributed by atoms with Gasteiger partial charge in [-0.1, -0.05) is 6.92 Å². The summed E-state index contributed by atoms with van der Waals surface area (Å²) in [5, 5.41) is 3.42. The molecule has 0 spiro atoms. The van der Waals surface area contributed by atoms with Crippen molar-refractivity contribution in [1.82, 2.24) is 15.2 Å². The molecule has 0 radical (unpaired) electrons. The van der Waals surface area contributed by atoms with Gasteiger partial charge in [0.1, 0.15) is 5.82 Å². The number of hydrogen-bond acceptors (Lipinski definition) is 3. The largest absolute Gasteiger partial charge is 0.330 e. The monoisotopic (exact) mass is 452 g/mol. The number of carbonyl (C=O) groups excluding carboxylic acids is 1. The summed E-state index contributed by atoms with van der Waals surface area (Å²) < 4.78 is 0. The van der Waals surface area contributed by atoms with Crippen LogP contribution in [0.4, 0.5) is 10.6 Å². The first-order valence-corrected chi connectivity index (χ1v) is 7.52. The molecule has 1 atom stereocenters. The van der Waals surface area contributed by atoms with Gasteiger partial charge in [-0.25, -0.2) is 9.78 Å². The molecule has 0 aliphatic heterocycles. The minimum atomic E-state index is -0.0431. The maximum Gasteiger partial charge on any atom is 0.325 e. The zero-order chi connectivity index (χ0) is 16.0. The van der Waals surface area contributed by atoms with E-state index in [0.717, 1.165) is 30.0 Å². The molecule has 1 N–H and O–H groups in total. The van der Waals surface area contributed by atoms with Crippen LogP contribution in [0.3, 0.4) is 0 Å². The van der Waals surface area contributed by atoms with E-state index < -0.39 is 0 Å². The second-order valence-electron chi connectivity index (χ2n) is 5.74. The van der Waals surface area contributed by atoms with Crippen LogP contribution in [0.5, 0.6) is 0 Å². The number of halogens is 2. The molecule has 5 nitrogen and oxygen atoms in total. The molecule has 23 heavy (non-hydrogen) atoms. The molecule has 7 heteroatoms. The zero-order valence-corrected chi connectivity index (χ0v) is 18.3. The molecule has 0 aliphatic rings. The molecule has 0 aliphatic carbocycles. The normalized spacial score (nSPS) is 11.0. The van der Waals surface area contributed by atoms with Crippen molar-refractivity contribution < 1.29 is 4.79 Å². The van der Waals surface area contributed by atoms with Crippen LogP contribution < -0.4 is 10.2 Å². The first-order valence-electron chi connectivity index (χ1n) is 7.52. The van der Waals surface area contributed by atoms with Crippen LogP contribution in [-0.4, -0.2) is 49.1 Å². The van der Waals surface area contributed by atoms with Crippen molar-refractivity contribution in [3.05, 3.63) is 23.4 Å². The Morgan fingerprint density at radius 1 is 1.26 bits per heavy atom. The van der Waals surface area contributed by atoms with E-state index in [4.69, 9.17) is 0 Å². The lowest BCUT2D eigenvalue weighted by Crippen LogP contribution is -2.44. The zero-order valence-electron chi connectivity index (χ0n) is 14.9. The Labute approximate surface area is 161 Å². The molecule has 0 fully saturated rings. The fourth-order valence-electron chi connectivity index (χ4n) is 2.07. The maximum atomic E-state index is 12.4. The highest BCUT2D eigenvalue weighted by molar-refractivity contribution is 8.93. The van der Waals surface area contributed by atoms with E-state index in [-0.39, 0.29) is 40.0 Å². The third-order valence-electron chi connectivity index (χ3n) is 3.41. The van der Waals surface area contributed by atoms with Gasteiger partial charge in [0.2, 0.25) is 0 Å². The Morgan fingerprint density at radius 3 is 2.35 bits per heavy atom. The number of aryl methyl sites for hydroxylation is 2. The van der Waals surface area contributed by atoms with Crippen molar-refractivity contribution in [3.8, 4) is 0 Å². The van der Waals surface area contributed by atoms with Gasteiger partial charge in [0.15, 0.2) is 0 Å². The first kappa shape index (κ1) is 24.6. The average Bonchev–Trinajstić information content (AvgIpc) is 2.41. The van der Waals surface area contributed by atoms with Gasteiger partial charge in [0.25, 0.3) is 0 Å². The van der Waals surface area contributed by atoms with E-state index >= 15 is 0 Å². The van der Waals surface area contributed by atoms with Gasteiger partial charge in [-0.05, 0) is 44.9 Å². The molecule has 1 heterocycles. The quantitative estimate of drug-likeness (QED) is 0.713. The number of anilines is 1. The van der Waals surface area contributed by atoms with Crippen LogP contribution in [-0.2, 0) is 0 Å². The molecule has 1 unspecified atom stereocenters. The summed E-state index contributed by atoms with van der Waals surface area (Å²) in [6, 6.07) is 4.38. The van der Waals surface area contributed by atoms with Crippen molar-refractivity contribution in [2.45, 2.75) is 40.2 Å². The molecule has 0 bridgehead atoms. The lowest BCUT2D eigenvalue weighted by Gasteiger charge is -2.26. The summed E-state index contributed by atoms with van der Waals surface area (Å²) in [7, 11) is 3.53. The summed E-state index contributed by atoms with van der Waals surface area (Å²) in [6.07, 6.45) is 1.07. The third-order valence-corrected chi connectivity index (χ3v) is 3.41. The van der Waals surface area contributed by atoms with Gasteiger partial charge in [-0.3, -0.25) is 4.90 Å². The van der Waals surface area contributed by atoms with E-state index in [1.165, 1.54) is 0 Å². The minimum absolute atomic E-state index is 0. The number of rotatable bonds is 6. The number of nitrogens with zero attached hydrogens (tertiary/aromatic N) is 3. The van der Waals surface area contributed by atoms with Crippen molar-refractivity contribution >= 4 is 45.8 Å². The summed E-state index contributed by atoms with van der Waals surface area (Å²) in [4.78, 5) is 20.2. The summed E-state index contributed by atoms with van der Waals surface area (Å²) in [5.74, 6) is 0.720. The third kappa shape index (κ3) is 8.13. The number of aromatic nitrogens is 1. The second kappa shape index (κ2) is 11.8. The van der Waals surface area contributed by atoms with Crippen LogP contribution in [0.1, 0.15) is 31.5 Å². The molecular weight excluding hydrogens is 424 g/mol. The lowest BCUT2D eigenvalue weighted by atomic mass is 10.2. The summed E-state index contributed by atoms with van der Waals surface area (Å²) in [5.41, 5.74) is 2.04. The highest BCUT2D eigenvalue weighted by atomic mass is 79.9. The standard InChI is InChI=1S/C16H28N4O.2BrH/c1-7-13(3)17-8-9-20(16(21)19(5)6)15-11-12(2)10-14(4)18-15;;/h10-11,13,17H,7-9H2,1-6H3;2*1H. The SMILES string of the molecule is Br.Br.CCC(C)NCCN(C(=O)N(C)C)c1cc(C)cc(C)n1. The molecule has 1 aromatic rings. The predicted octanol–water partition coefficient (Wildman–Crippen LogP) is 3.73. The predicted molar refractivity (Wildman–Crippen MR) is 109 cm³/mol. The summed E-state index contributed by atoms with van der Waals surface area (Å²) in [6.45, 7) is 9.62. The molecule has 1 rings (SSSR count). The number of amides is 2. The Bertz CT molecular complexity index is 463. The van der Waals surface area contributed by atoms with Crippen LogP contribution in [0, 0.1) is 13.8 Å². The maximum absolute atomic E-state index is 12.4. The van der Waals surface area contributed by atoms with Crippen LogP contribution in [0.2, 0.25) is 0 Å². The number of carbonyl (C=O) groups is 1. The molecule has 2 amide bonds. The Hall–Kier alpha value is -0.660. The van der Waals surface area contributed by atoms with Gasteiger partial charge in [-0.2, -0.15) is 0 Å². The van der Waals surface area contributed by atoms with Crippen LogP contribution in [0.15, 0.2) is 12.1 Å². The lowest BCUT2D eigenvalue weighted by molar-refractivity contribution is 0.223. The smallest absolute Gasteiger partial charge is 0.325 e. The van der Waals surface area contributed by atoms with E-state index in [9.17, 15) is 4.79 Å². The van der Waals surface area contributed by atoms with E-state index in [2.05, 4.69) is 24.1 Å². The highest BCUT2D eigenvalue weighted by Crippen LogP contribution is 2.15. The average molecular weight is 454 g/mol. The Balaban J connectivity index is 0. The van der Waals surface area contributed by atoms with E-state index in [1.54, 1.807) is 23.9 Å². The topological polar surface area (TPSA) is 48.5 Å². The van der Waals surface area contributed by atoms with Crippen molar-refractivity contribution in [2.24, 2.45) is 0 Å². The molecule has 1 aromatic heterocycles. The number of hydrogen-bond donors (Lipinski definition) is 1. The second-order valence-corrected chi connectivity index (χ2v) is 5.74. The van der Waals surface area contributed by atoms with Crippen molar-refractivity contribution in [1.29, 1.82) is 0 Å². The van der Waals surface area contributed by atoms with Gasteiger partial charge < -0.3 is 10.2 Å². The van der Waals surface area contributed by atoms with E-state index in [0.29, 0.717) is 12.6 Å². The van der Waals surface area contributed by atoms with Crippen LogP contribution >= 0.6 is 34.0 Å². The summed E-state index contributed by atoms with van der Waals surface area (Å²) >= 11 is 0. The molecule has 134 valence electrons. The number of pyridine rings is 1. The number of nitrogens with one attached hydrogen (secondary N) is 1. The fraction of sp³-hybridized carbons (Fsp3) is 0.625. The molecule has 0 saturated carbocycles. The highest BCUT2D eigenvalue weighted by Gasteiger charge is 2.19. The van der Waals surface area contributed by atoms with Gasteiger partial charge in [0.05, 0.1) is 0 Å². The molecule has 0 saturated heterocycles.